The maximum atomic E-state index is 13.2. The van der Waals surface area contributed by atoms with Crippen LogP contribution in [0.3, 0.4) is 0 Å². The normalized spacial score (nSPS) is 19.4. The van der Waals surface area contributed by atoms with Crippen molar-refractivity contribution in [1.82, 2.24) is 4.72 Å². The van der Waals surface area contributed by atoms with Crippen molar-refractivity contribution >= 4 is 26.5 Å². The highest BCUT2D eigenvalue weighted by Crippen LogP contribution is 2.41. The average Bonchev–Trinajstić information content (AvgIpc) is 2.75. The van der Waals surface area contributed by atoms with Gasteiger partial charge in [-0.3, -0.25) is 0 Å². The van der Waals surface area contributed by atoms with Gasteiger partial charge < -0.3 is 15.1 Å². The fraction of sp³-hybridized carbons (Fsp3) is 0.333. The minimum atomic E-state index is -3.68. The standard InChI is InChI=1S/C24H28N2O4S/c1-26(2)21-9-3-8-20-19(21)7-5-11-23(20)31(29,30)25-17-14-12-16(13-15-17)18-6-4-10-22(27)24(18)28/h3-11,16-17,25,27-28H,12-15H2,1-2H3. The Morgan fingerprint density at radius 2 is 1.52 bits per heavy atom. The SMILES string of the molecule is CN(C)c1cccc2c(S(=O)(=O)NC3CCC(c4cccc(O)c4O)CC3)cccc12. The monoisotopic (exact) mass is 440 g/mol. The Bertz CT molecular complexity index is 1200. The van der Waals surface area contributed by atoms with E-state index >= 15 is 0 Å². The zero-order chi connectivity index (χ0) is 22.2. The molecule has 3 aromatic rings. The van der Waals surface area contributed by atoms with Crippen LogP contribution in [-0.2, 0) is 10.0 Å². The molecule has 1 aliphatic carbocycles. The maximum Gasteiger partial charge on any atom is 0.241 e. The molecule has 0 amide bonds. The van der Waals surface area contributed by atoms with Crippen molar-refractivity contribution in [3.63, 3.8) is 0 Å². The van der Waals surface area contributed by atoms with Crippen molar-refractivity contribution in [3.05, 3.63) is 60.2 Å². The van der Waals surface area contributed by atoms with Crippen molar-refractivity contribution in [1.29, 1.82) is 0 Å². The lowest BCUT2D eigenvalue weighted by Gasteiger charge is -2.29. The fourth-order valence-corrected chi connectivity index (χ4v) is 6.10. The molecule has 0 atom stereocenters. The van der Waals surface area contributed by atoms with Gasteiger partial charge in [-0.25, -0.2) is 13.1 Å². The number of nitrogens with zero attached hydrogens (tertiary/aromatic N) is 1. The molecule has 4 rings (SSSR count). The number of fused-ring (bicyclic) bond motifs is 1. The molecule has 0 unspecified atom stereocenters. The van der Waals surface area contributed by atoms with E-state index in [9.17, 15) is 18.6 Å². The molecular formula is C24H28N2O4S. The zero-order valence-corrected chi connectivity index (χ0v) is 18.6. The summed E-state index contributed by atoms with van der Waals surface area (Å²) in [5.74, 6) is -0.0829. The lowest BCUT2D eigenvalue weighted by Crippen LogP contribution is -2.37. The number of rotatable bonds is 5. The van der Waals surface area contributed by atoms with E-state index in [1.165, 1.54) is 6.07 Å². The molecule has 3 aromatic carbocycles. The fourth-order valence-electron chi connectivity index (χ4n) is 4.57. The Morgan fingerprint density at radius 3 is 2.23 bits per heavy atom. The first-order chi connectivity index (χ1) is 14.8. The Balaban J connectivity index is 1.53. The van der Waals surface area contributed by atoms with Crippen LogP contribution in [0.5, 0.6) is 11.5 Å². The minimum Gasteiger partial charge on any atom is -0.504 e. The van der Waals surface area contributed by atoms with Crippen molar-refractivity contribution in [2.24, 2.45) is 0 Å². The quantitative estimate of drug-likeness (QED) is 0.514. The lowest BCUT2D eigenvalue weighted by atomic mass is 9.81. The third kappa shape index (κ3) is 4.20. The molecule has 31 heavy (non-hydrogen) atoms. The number of sulfonamides is 1. The Kier molecular flexibility index (Phi) is 5.81. The molecule has 7 heteroatoms. The van der Waals surface area contributed by atoms with Crippen LogP contribution in [0.15, 0.2) is 59.5 Å². The Morgan fingerprint density at radius 1 is 0.871 bits per heavy atom. The number of phenolic OH excluding ortho intramolecular Hbond substituents is 2. The molecular weight excluding hydrogens is 412 g/mol. The maximum absolute atomic E-state index is 13.2. The van der Waals surface area contributed by atoms with Crippen LogP contribution in [0.25, 0.3) is 10.8 Å². The summed E-state index contributed by atoms with van der Waals surface area (Å²) in [5, 5.41) is 21.5. The second-order valence-corrected chi connectivity index (χ2v) is 10.1. The molecule has 0 saturated heterocycles. The van der Waals surface area contributed by atoms with E-state index in [-0.39, 0.29) is 23.5 Å². The van der Waals surface area contributed by atoms with Gasteiger partial charge in [0.1, 0.15) is 0 Å². The molecule has 1 aliphatic rings. The van der Waals surface area contributed by atoms with E-state index < -0.39 is 10.0 Å². The largest absolute Gasteiger partial charge is 0.504 e. The molecule has 1 saturated carbocycles. The predicted molar refractivity (Wildman–Crippen MR) is 123 cm³/mol. The summed E-state index contributed by atoms with van der Waals surface area (Å²) in [5.41, 5.74) is 1.70. The van der Waals surface area contributed by atoms with Crippen molar-refractivity contribution in [3.8, 4) is 11.5 Å². The van der Waals surface area contributed by atoms with Gasteiger partial charge >= 0.3 is 0 Å². The third-order valence-electron chi connectivity index (χ3n) is 6.17. The molecule has 0 radical (unpaired) electrons. The topological polar surface area (TPSA) is 89.9 Å². The van der Waals surface area contributed by atoms with Crippen molar-refractivity contribution in [2.75, 3.05) is 19.0 Å². The van der Waals surface area contributed by atoms with Crippen LogP contribution in [0.1, 0.15) is 37.2 Å². The first-order valence-electron chi connectivity index (χ1n) is 10.5. The molecule has 1 fully saturated rings. The van der Waals surface area contributed by atoms with Gasteiger partial charge in [-0.1, -0.05) is 36.4 Å². The van der Waals surface area contributed by atoms with E-state index in [1.807, 2.05) is 49.3 Å². The van der Waals surface area contributed by atoms with Gasteiger partial charge in [-0.05, 0) is 49.8 Å². The highest BCUT2D eigenvalue weighted by Gasteiger charge is 2.29. The van der Waals surface area contributed by atoms with Gasteiger partial charge in [0.15, 0.2) is 11.5 Å². The van der Waals surface area contributed by atoms with E-state index in [0.29, 0.717) is 23.1 Å². The summed E-state index contributed by atoms with van der Waals surface area (Å²) in [6.45, 7) is 0. The second kappa shape index (κ2) is 8.40. The first kappa shape index (κ1) is 21.5. The summed E-state index contributed by atoms with van der Waals surface area (Å²) >= 11 is 0. The Hall–Kier alpha value is -2.77. The van der Waals surface area contributed by atoms with E-state index in [0.717, 1.165) is 29.5 Å². The highest BCUT2D eigenvalue weighted by atomic mass is 32.2. The highest BCUT2D eigenvalue weighted by molar-refractivity contribution is 7.89. The van der Waals surface area contributed by atoms with Gasteiger partial charge in [0.25, 0.3) is 0 Å². The lowest BCUT2D eigenvalue weighted by molar-refractivity contribution is 0.354. The summed E-state index contributed by atoms with van der Waals surface area (Å²) in [6, 6.07) is 15.9. The van der Waals surface area contributed by atoms with Gasteiger partial charge in [-0.2, -0.15) is 0 Å². The van der Waals surface area contributed by atoms with Crippen LogP contribution >= 0.6 is 0 Å². The molecule has 0 heterocycles. The van der Waals surface area contributed by atoms with Crippen LogP contribution < -0.4 is 9.62 Å². The number of phenols is 2. The van der Waals surface area contributed by atoms with Gasteiger partial charge in [0.05, 0.1) is 4.90 Å². The van der Waals surface area contributed by atoms with Crippen LogP contribution in [0.2, 0.25) is 0 Å². The molecule has 3 N–H and O–H groups in total. The van der Waals surface area contributed by atoms with Gasteiger partial charge in [0.2, 0.25) is 10.0 Å². The number of para-hydroxylation sites is 1. The van der Waals surface area contributed by atoms with Gasteiger partial charge in [0, 0.05) is 42.2 Å². The number of hydrogen-bond acceptors (Lipinski definition) is 5. The molecule has 164 valence electrons. The van der Waals surface area contributed by atoms with Crippen molar-refractivity contribution in [2.45, 2.75) is 42.5 Å². The zero-order valence-electron chi connectivity index (χ0n) is 17.7. The summed E-state index contributed by atoms with van der Waals surface area (Å²) < 4.78 is 29.4. The van der Waals surface area contributed by atoms with Crippen LogP contribution in [0, 0.1) is 0 Å². The number of nitrogens with one attached hydrogen (secondary N) is 1. The molecule has 6 nitrogen and oxygen atoms in total. The molecule has 0 bridgehead atoms. The van der Waals surface area contributed by atoms with Crippen LogP contribution in [-0.4, -0.2) is 38.8 Å². The summed E-state index contributed by atoms with van der Waals surface area (Å²) in [6.07, 6.45) is 2.83. The first-order valence-corrected chi connectivity index (χ1v) is 12.0. The smallest absolute Gasteiger partial charge is 0.241 e. The van der Waals surface area contributed by atoms with E-state index in [4.69, 9.17) is 0 Å². The summed E-state index contributed by atoms with van der Waals surface area (Å²) in [4.78, 5) is 2.27. The molecule has 0 aliphatic heterocycles. The molecule has 0 aromatic heterocycles. The van der Waals surface area contributed by atoms with E-state index in [1.54, 1.807) is 18.2 Å². The average molecular weight is 441 g/mol. The predicted octanol–water partition coefficient (Wildman–Crippen LogP) is 4.32. The number of anilines is 1. The minimum absolute atomic E-state index is 0.0704. The van der Waals surface area contributed by atoms with E-state index in [2.05, 4.69) is 4.72 Å². The van der Waals surface area contributed by atoms with Crippen molar-refractivity contribution < 1.29 is 18.6 Å². The van der Waals surface area contributed by atoms with Crippen LogP contribution in [0.4, 0.5) is 5.69 Å². The number of hydrogen-bond donors (Lipinski definition) is 3. The number of benzene rings is 3. The third-order valence-corrected chi connectivity index (χ3v) is 7.74. The Labute approximate surface area is 183 Å². The number of aromatic hydroxyl groups is 2. The second-order valence-electron chi connectivity index (χ2n) is 8.41. The summed E-state index contributed by atoms with van der Waals surface area (Å²) in [7, 11) is 0.199. The molecule has 0 spiro atoms. The van der Waals surface area contributed by atoms with Gasteiger partial charge in [-0.15, -0.1) is 0 Å².